The van der Waals surface area contributed by atoms with E-state index in [4.69, 9.17) is 0 Å². The highest BCUT2D eigenvalue weighted by molar-refractivity contribution is 6.07. The smallest absolute Gasteiger partial charge is 0.334 e. The second-order valence-corrected chi connectivity index (χ2v) is 15.0. The van der Waals surface area contributed by atoms with Crippen LogP contribution in [-0.2, 0) is 36.1 Å². The molecule has 3 aromatic carbocycles. The predicted octanol–water partition coefficient (Wildman–Crippen LogP) is 3.79. The Labute approximate surface area is 321 Å². The van der Waals surface area contributed by atoms with Crippen LogP contribution in [0.2, 0.25) is 0 Å². The number of carbonyl (C=O) groups excluding carboxylic acids is 4. The van der Waals surface area contributed by atoms with E-state index in [2.05, 4.69) is 30.9 Å². The van der Waals surface area contributed by atoms with Gasteiger partial charge in [0.1, 0.15) is 18.0 Å². The fourth-order valence-corrected chi connectivity index (χ4v) is 8.37. The lowest BCUT2D eigenvalue weighted by Crippen LogP contribution is -2.76. The number of piperidine rings is 1. The van der Waals surface area contributed by atoms with Crippen molar-refractivity contribution < 1.29 is 24.3 Å². The number of aryl methyl sites for hydroxylation is 1. The van der Waals surface area contributed by atoms with E-state index in [1.165, 1.54) is 0 Å². The van der Waals surface area contributed by atoms with E-state index in [1.54, 1.807) is 50.2 Å². The van der Waals surface area contributed by atoms with Crippen LogP contribution in [0.4, 0.5) is 4.79 Å². The fraction of sp³-hybridized carbons (Fsp3) is 0.381. The van der Waals surface area contributed by atoms with Gasteiger partial charge in [0.05, 0.1) is 24.2 Å². The number of benzene rings is 3. The predicted molar refractivity (Wildman–Crippen MR) is 209 cm³/mol. The third-order valence-corrected chi connectivity index (χ3v) is 11.2. The van der Waals surface area contributed by atoms with Crippen molar-refractivity contribution in [1.82, 2.24) is 39.5 Å². The number of likely N-dealkylation sites (tertiary alicyclic amines) is 1. The largest absolute Gasteiger partial charge is 0.508 e. The number of carbonyl (C=O) groups is 4. The molecule has 2 atom stereocenters. The van der Waals surface area contributed by atoms with Gasteiger partial charge in [-0.05, 0) is 55.8 Å². The van der Waals surface area contributed by atoms with Gasteiger partial charge in [-0.25, -0.2) is 14.8 Å². The number of fused-ring (bicyclic) bond motifs is 2. The van der Waals surface area contributed by atoms with Crippen LogP contribution in [0, 0.1) is 0 Å². The number of hydrogen-bond acceptors (Lipinski definition) is 7. The number of piperazine rings is 1. The summed E-state index contributed by atoms with van der Waals surface area (Å²) in [6.07, 6.45) is 4.75. The van der Waals surface area contributed by atoms with Gasteiger partial charge in [0.25, 0.3) is 5.91 Å². The number of amides is 5. The molecule has 13 heteroatoms. The number of rotatable bonds is 10. The highest BCUT2D eigenvalue weighted by atomic mass is 16.3. The molecule has 0 saturated carbocycles. The van der Waals surface area contributed by atoms with Crippen LogP contribution in [0.25, 0.3) is 10.9 Å². The summed E-state index contributed by atoms with van der Waals surface area (Å²) < 4.78 is 1.96. The molecule has 4 heterocycles. The van der Waals surface area contributed by atoms with Gasteiger partial charge in [-0.2, -0.15) is 0 Å². The zero-order chi connectivity index (χ0) is 38.8. The summed E-state index contributed by atoms with van der Waals surface area (Å²) in [4.78, 5) is 64.3. The van der Waals surface area contributed by atoms with Crippen molar-refractivity contribution >= 4 is 34.7 Å². The number of nitrogens with zero attached hydrogens (tertiary/aromatic N) is 7. The van der Waals surface area contributed by atoms with Crippen LogP contribution >= 0.6 is 0 Å². The number of para-hydroxylation sites is 1. The average molecular weight is 747 g/mol. The fourth-order valence-electron chi connectivity index (χ4n) is 8.37. The first-order valence-corrected chi connectivity index (χ1v) is 18.9. The number of aromatic nitrogens is 1. The second-order valence-electron chi connectivity index (χ2n) is 15.0. The minimum atomic E-state index is -0.916. The van der Waals surface area contributed by atoms with E-state index in [0.29, 0.717) is 24.7 Å². The van der Waals surface area contributed by atoms with E-state index in [9.17, 15) is 24.3 Å². The van der Waals surface area contributed by atoms with Gasteiger partial charge in [-0.3, -0.25) is 14.4 Å². The lowest BCUT2D eigenvalue weighted by molar-refractivity contribution is -0.189. The Balaban J connectivity index is 1.22. The van der Waals surface area contributed by atoms with E-state index in [-0.39, 0.29) is 62.6 Å². The molecule has 13 nitrogen and oxygen atoms in total. The first-order chi connectivity index (χ1) is 26.5. The van der Waals surface area contributed by atoms with E-state index >= 15 is 0 Å². The number of hydrogen-bond donors (Lipinski definition) is 2. The lowest BCUT2D eigenvalue weighted by Gasteiger charge is -2.55. The molecule has 0 radical (unpaired) electrons. The Morgan fingerprint density at radius 2 is 1.69 bits per heavy atom. The highest BCUT2D eigenvalue weighted by Crippen LogP contribution is 2.32. The van der Waals surface area contributed by atoms with Crippen LogP contribution in [0.15, 0.2) is 91.6 Å². The number of nitrogens with one attached hydrogen (secondary N) is 1. The van der Waals surface area contributed by atoms with Crippen LogP contribution < -0.4 is 5.32 Å². The molecule has 2 N–H and O–H groups in total. The molecule has 3 aliphatic rings. The summed E-state index contributed by atoms with van der Waals surface area (Å²) in [5.41, 5.74) is 4.02. The molecule has 4 aromatic rings. The molecule has 7 rings (SSSR count). The first kappa shape index (κ1) is 37.6. The topological polar surface area (TPSA) is 125 Å². The molecular formula is C42H50N8O5. The Hall–Kier alpha value is -5.66. The van der Waals surface area contributed by atoms with E-state index < -0.39 is 18.2 Å². The SMILES string of the molecule is C=CCN1CC(=O)N2[C@@H](Cc3ccc(O)cc3)C(=O)N(Cc3cccc4c(C(=O)N5CCC(N(C)C)CC5)cn(C)c34)C[C@@H]2N1C(=O)NCc1ccccc1. The molecule has 5 amide bonds. The summed E-state index contributed by atoms with van der Waals surface area (Å²) in [6, 6.07) is 21.2. The number of urea groups is 1. The Kier molecular flexibility index (Phi) is 10.9. The minimum Gasteiger partial charge on any atom is -0.508 e. The van der Waals surface area contributed by atoms with Gasteiger partial charge < -0.3 is 34.6 Å². The van der Waals surface area contributed by atoms with Crippen LogP contribution in [0.3, 0.4) is 0 Å². The molecule has 0 unspecified atom stereocenters. The van der Waals surface area contributed by atoms with Crippen LogP contribution in [-0.4, -0.2) is 128 Å². The minimum absolute atomic E-state index is 0.00112. The molecular weight excluding hydrogens is 697 g/mol. The summed E-state index contributed by atoms with van der Waals surface area (Å²) in [5, 5.41) is 17.1. The molecule has 3 fully saturated rings. The van der Waals surface area contributed by atoms with Gasteiger partial charge in [-0.1, -0.05) is 66.7 Å². The van der Waals surface area contributed by atoms with E-state index in [0.717, 1.165) is 40.4 Å². The average Bonchev–Trinajstić information content (AvgIpc) is 3.53. The summed E-state index contributed by atoms with van der Waals surface area (Å²) in [7, 11) is 6.08. The van der Waals surface area contributed by atoms with Crippen molar-refractivity contribution in [2.45, 2.75) is 50.6 Å². The molecule has 0 aliphatic carbocycles. The Morgan fingerprint density at radius 1 is 0.964 bits per heavy atom. The van der Waals surface area contributed by atoms with Gasteiger partial charge in [-0.15, -0.1) is 6.58 Å². The zero-order valence-corrected chi connectivity index (χ0v) is 31.8. The number of aromatic hydroxyl groups is 1. The van der Waals surface area contributed by atoms with Gasteiger partial charge in [0.2, 0.25) is 11.8 Å². The molecule has 0 bridgehead atoms. The summed E-state index contributed by atoms with van der Waals surface area (Å²) >= 11 is 0. The molecule has 0 spiro atoms. The van der Waals surface area contributed by atoms with Crippen LogP contribution in [0.5, 0.6) is 5.75 Å². The van der Waals surface area contributed by atoms with Crippen molar-refractivity contribution in [2.75, 3.05) is 46.8 Å². The monoisotopic (exact) mass is 746 g/mol. The molecule has 3 aliphatic heterocycles. The Bertz CT molecular complexity index is 2060. The van der Waals surface area contributed by atoms with Gasteiger partial charge >= 0.3 is 6.03 Å². The first-order valence-electron chi connectivity index (χ1n) is 18.9. The number of hydrazine groups is 1. The lowest BCUT2D eigenvalue weighted by atomic mass is 9.98. The van der Waals surface area contributed by atoms with Crippen molar-refractivity contribution in [3.63, 3.8) is 0 Å². The number of phenolic OH excluding ortho intramolecular Hbond substituents is 1. The van der Waals surface area contributed by atoms with Crippen molar-refractivity contribution in [2.24, 2.45) is 7.05 Å². The highest BCUT2D eigenvalue weighted by Gasteiger charge is 2.51. The quantitative estimate of drug-likeness (QED) is 0.237. The Morgan fingerprint density at radius 3 is 2.38 bits per heavy atom. The molecule has 1 aromatic heterocycles. The van der Waals surface area contributed by atoms with Crippen molar-refractivity contribution in [3.05, 3.63) is 114 Å². The van der Waals surface area contributed by atoms with Crippen molar-refractivity contribution in [1.29, 1.82) is 0 Å². The van der Waals surface area contributed by atoms with Crippen molar-refractivity contribution in [3.8, 4) is 5.75 Å². The van der Waals surface area contributed by atoms with Gasteiger partial charge in [0, 0.05) is 63.8 Å². The second kappa shape index (κ2) is 16.0. The summed E-state index contributed by atoms with van der Waals surface area (Å²) in [6.45, 7) is 5.95. The maximum atomic E-state index is 14.7. The molecule has 288 valence electrons. The number of phenols is 1. The maximum Gasteiger partial charge on any atom is 0.334 e. The maximum absolute atomic E-state index is 14.7. The molecule has 55 heavy (non-hydrogen) atoms. The molecule has 3 saturated heterocycles. The summed E-state index contributed by atoms with van der Waals surface area (Å²) in [5.74, 6) is -0.414. The van der Waals surface area contributed by atoms with E-state index in [1.807, 2.05) is 71.2 Å². The third kappa shape index (κ3) is 7.67. The zero-order valence-electron chi connectivity index (χ0n) is 31.8. The normalized spacial score (nSPS) is 19.6. The van der Waals surface area contributed by atoms with Crippen LogP contribution in [0.1, 0.15) is 39.9 Å². The standard InChI is InChI=1S/C42H50N8O5/c1-5-20-48-28-38(52)49-36(23-29-14-16-33(51)17-15-29)41(54)47(27-37(49)50(48)42(55)43-24-30-10-7-6-8-11-30)25-31-12-9-13-34-35(26-45(4)39(31)34)40(53)46-21-18-32(19-22-46)44(2)3/h5-17,26,32,36-37,51H,1,18-25,27-28H2,2-4H3,(H,43,55)/t36-,37-/m0/s1. The van der Waals surface area contributed by atoms with Gasteiger partial charge in [0.15, 0.2) is 0 Å². The third-order valence-electron chi connectivity index (χ3n) is 11.2.